The second kappa shape index (κ2) is 4.08. The van der Waals surface area contributed by atoms with E-state index in [0.717, 1.165) is 16.7 Å². The van der Waals surface area contributed by atoms with Crippen LogP contribution in [0.2, 0.25) is 0 Å². The maximum Gasteiger partial charge on any atom is 0.139 e. The van der Waals surface area contributed by atoms with Crippen LogP contribution in [0.1, 0.15) is 26.3 Å². The van der Waals surface area contributed by atoms with Crippen LogP contribution < -0.4 is 0 Å². The Hall–Kier alpha value is -2.35. The summed E-state index contributed by atoms with van der Waals surface area (Å²) in [6.07, 6.45) is 0. The number of pyridine rings is 1. The van der Waals surface area contributed by atoms with Crippen LogP contribution in [0.4, 0.5) is 0 Å². The SMILES string of the molecule is CC(C)(C)c1c2ccccc2nc2[nH]c3ccccc3c12. The Balaban J connectivity index is 2.34. The molecule has 2 heterocycles. The minimum absolute atomic E-state index is 0.0613. The predicted molar refractivity (Wildman–Crippen MR) is 89.8 cm³/mol. The minimum Gasteiger partial charge on any atom is -0.339 e. The lowest BCUT2D eigenvalue weighted by molar-refractivity contribution is 0.601. The van der Waals surface area contributed by atoms with E-state index >= 15 is 0 Å². The van der Waals surface area contributed by atoms with Gasteiger partial charge in [-0.05, 0) is 23.1 Å². The van der Waals surface area contributed by atoms with Gasteiger partial charge in [-0.1, -0.05) is 57.2 Å². The van der Waals surface area contributed by atoms with Crippen molar-refractivity contribution in [3.8, 4) is 0 Å². The van der Waals surface area contributed by atoms with Crippen LogP contribution in [0.3, 0.4) is 0 Å². The summed E-state index contributed by atoms with van der Waals surface area (Å²) in [4.78, 5) is 8.31. The van der Waals surface area contributed by atoms with E-state index in [1.54, 1.807) is 0 Å². The maximum atomic E-state index is 4.83. The predicted octanol–water partition coefficient (Wildman–Crippen LogP) is 5.17. The van der Waals surface area contributed by atoms with Crippen LogP contribution in [0.5, 0.6) is 0 Å². The highest BCUT2D eigenvalue weighted by Crippen LogP contribution is 2.38. The maximum absolute atomic E-state index is 4.83. The summed E-state index contributed by atoms with van der Waals surface area (Å²) in [5.74, 6) is 0. The summed E-state index contributed by atoms with van der Waals surface area (Å²) in [5.41, 5.74) is 4.63. The molecule has 4 rings (SSSR count). The highest BCUT2D eigenvalue weighted by Gasteiger charge is 2.23. The van der Waals surface area contributed by atoms with E-state index in [4.69, 9.17) is 4.98 Å². The summed E-state index contributed by atoms with van der Waals surface area (Å²) in [5, 5.41) is 3.77. The van der Waals surface area contributed by atoms with Crippen molar-refractivity contribution >= 4 is 32.8 Å². The van der Waals surface area contributed by atoms with Gasteiger partial charge in [0.25, 0.3) is 0 Å². The van der Waals surface area contributed by atoms with Crippen molar-refractivity contribution in [1.82, 2.24) is 9.97 Å². The van der Waals surface area contributed by atoms with Crippen LogP contribution in [-0.2, 0) is 5.41 Å². The number of hydrogen-bond donors (Lipinski definition) is 1. The van der Waals surface area contributed by atoms with Crippen LogP contribution >= 0.6 is 0 Å². The molecule has 0 aliphatic heterocycles. The van der Waals surface area contributed by atoms with Gasteiger partial charge in [0.05, 0.1) is 5.52 Å². The fraction of sp³-hybridized carbons (Fsp3) is 0.211. The lowest BCUT2D eigenvalue weighted by Crippen LogP contribution is -2.12. The third-order valence-corrected chi connectivity index (χ3v) is 4.09. The van der Waals surface area contributed by atoms with Gasteiger partial charge >= 0.3 is 0 Å². The van der Waals surface area contributed by atoms with E-state index in [2.05, 4.69) is 74.3 Å². The molecule has 1 N–H and O–H groups in total. The lowest BCUT2D eigenvalue weighted by atomic mass is 9.82. The van der Waals surface area contributed by atoms with Gasteiger partial charge in [0.15, 0.2) is 0 Å². The molecule has 21 heavy (non-hydrogen) atoms. The van der Waals surface area contributed by atoms with Gasteiger partial charge in [-0.25, -0.2) is 4.98 Å². The fourth-order valence-electron chi connectivity index (χ4n) is 3.28. The van der Waals surface area contributed by atoms with Gasteiger partial charge in [-0.3, -0.25) is 0 Å². The lowest BCUT2D eigenvalue weighted by Gasteiger charge is -2.22. The van der Waals surface area contributed by atoms with Gasteiger partial charge in [0.1, 0.15) is 5.65 Å². The van der Waals surface area contributed by atoms with Crippen LogP contribution in [0.15, 0.2) is 48.5 Å². The monoisotopic (exact) mass is 274 g/mol. The molecular formula is C19H18N2. The number of benzene rings is 2. The molecule has 0 saturated heterocycles. The number of hydrogen-bond acceptors (Lipinski definition) is 1. The average molecular weight is 274 g/mol. The first-order valence-corrected chi connectivity index (χ1v) is 7.35. The first kappa shape index (κ1) is 12.4. The standard InChI is InChI=1S/C19H18N2/c1-19(2,3)17-13-9-5-7-11-15(13)21-18-16(17)12-8-4-6-10-14(12)20-18/h4-11H,1-3H3,(H,20,21). The Kier molecular flexibility index (Phi) is 2.41. The number of fused-ring (bicyclic) bond motifs is 4. The second-order valence-electron chi connectivity index (χ2n) is 6.65. The van der Waals surface area contributed by atoms with E-state index in [1.807, 2.05) is 0 Å². The van der Waals surface area contributed by atoms with Gasteiger partial charge in [0.2, 0.25) is 0 Å². The number of nitrogens with one attached hydrogen (secondary N) is 1. The van der Waals surface area contributed by atoms with Crippen LogP contribution in [0, 0.1) is 0 Å². The number of aromatic amines is 1. The number of H-pyrrole nitrogens is 1. The Morgan fingerprint density at radius 1 is 0.857 bits per heavy atom. The molecule has 2 aromatic carbocycles. The zero-order valence-electron chi connectivity index (χ0n) is 12.6. The quantitative estimate of drug-likeness (QED) is 0.471. The Bertz CT molecular complexity index is 971. The summed E-state index contributed by atoms with van der Waals surface area (Å²) >= 11 is 0. The Morgan fingerprint density at radius 2 is 1.52 bits per heavy atom. The highest BCUT2D eigenvalue weighted by molar-refractivity contribution is 6.12. The van der Waals surface area contributed by atoms with Gasteiger partial charge in [0, 0.05) is 21.7 Å². The highest BCUT2D eigenvalue weighted by atomic mass is 14.9. The first-order valence-electron chi connectivity index (χ1n) is 7.35. The topological polar surface area (TPSA) is 28.7 Å². The summed E-state index contributed by atoms with van der Waals surface area (Å²) in [6.45, 7) is 6.82. The van der Waals surface area contributed by atoms with E-state index in [1.165, 1.54) is 21.7 Å². The summed E-state index contributed by atoms with van der Waals surface area (Å²) in [7, 11) is 0. The van der Waals surface area contributed by atoms with E-state index in [9.17, 15) is 0 Å². The molecule has 4 aromatic rings. The summed E-state index contributed by atoms with van der Waals surface area (Å²) in [6, 6.07) is 16.9. The molecule has 0 bridgehead atoms. The summed E-state index contributed by atoms with van der Waals surface area (Å²) < 4.78 is 0. The average Bonchev–Trinajstić information content (AvgIpc) is 2.81. The number of aromatic nitrogens is 2. The van der Waals surface area contributed by atoms with E-state index in [0.29, 0.717) is 0 Å². The third kappa shape index (κ3) is 1.75. The molecule has 0 spiro atoms. The third-order valence-electron chi connectivity index (χ3n) is 4.09. The van der Waals surface area contributed by atoms with Gasteiger partial charge < -0.3 is 4.98 Å². The Labute approximate surface area is 123 Å². The molecule has 2 aromatic heterocycles. The molecular weight excluding hydrogens is 256 g/mol. The zero-order valence-corrected chi connectivity index (χ0v) is 12.6. The molecule has 0 aliphatic carbocycles. The van der Waals surface area contributed by atoms with Gasteiger partial charge in [-0.2, -0.15) is 0 Å². The van der Waals surface area contributed by atoms with Crippen molar-refractivity contribution < 1.29 is 0 Å². The molecule has 104 valence electrons. The normalized spacial score (nSPS) is 12.5. The van der Waals surface area contributed by atoms with Gasteiger partial charge in [-0.15, -0.1) is 0 Å². The van der Waals surface area contributed by atoms with Crippen molar-refractivity contribution in [2.75, 3.05) is 0 Å². The zero-order chi connectivity index (χ0) is 14.6. The number of rotatable bonds is 0. The Morgan fingerprint density at radius 3 is 2.29 bits per heavy atom. The first-order chi connectivity index (χ1) is 10.1. The molecule has 0 saturated carbocycles. The molecule has 0 atom stereocenters. The van der Waals surface area contributed by atoms with Crippen molar-refractivity contribution in [3.05, 3.63) is 54.1 Å². The molecule has 0 fully saturated rings. The molecule has 2 heteroatoms. The molecule has 0 amide bonds. The van der Waals surface area contributed by atoms with Crippen molar-refractivity contribution in [2.24, 2.45) is 0 Å². The fourth-order valence-corrected chi connectivity index (χ4v) is 3.28. The second-order valence-corrected chi connectivity index (χ2v) is 6.65. The van der Waals surface area contributed by atoms with Crippen molar-refractivity contribution in [1.29, 1.82) is 0 Å². The largest absolute Gasteiger partial charge is 0.339 e. The number of para-hydroxylation sites is 2. The molecule has 0 unspecified atom stereocenters. The van der Waals surface area contributed by atoms with E-state index < -0.39 is 0 Å². The van der Waals surface area contributed by atoms with Crippen molar-refractivity contribution in [2.45, 2.75) is 26.2 Å². The smallest absolute Gasteiger partial charge is 0.139 e. The van der Waals surface area contributed by atoms with Crippen LogP contribution in [0.25, 0.3) is 32.8 Å². The number of nitrogens with zero attached hydrogens (tertiary/aromatic N) is 1. The molecule has 0 radical (unpaired) electrons. The van der Waals surface area contributed by atoms with E-state index in [-0.39, 0.29) is 5.41 Å². The molecule has 2 nitrogen and oxygen atoms in total. The molecule has 0 aliphatic rings. The van der Waals surface area contributed by atoms with Crippen LogP contribution in [-0.4, -0.2) is 9.97 Å². The van der Waals surface area contributed by atoms with Crippen molar-refractivity contribution in [3.63, 3.8) is 0 Å². The minimum atomic E-state index is 0.0613.